The first-order valence-corrected chi connectivity index (χ1v) is 3.96. The summed E-state index contributed by atoms with van der Waals surface area (Å²) >= 11 is 0. The smallest absolute Gasteiger partial charge is 0.0891 e. The Morgan fingerprint density at radius 1 is 1.00 bits per heavy atom. The Kier molecular flexibility index (Phi) is 1.80. The fourth-order valence-electron chi connectivity index (χ4n) is 1.55. The molecule has 0 aromatic heterocycles. The summed E-state index contributed by atoms with van der Waals surface area (Å²) in [5, 5.41) is 0. The Hall–Kier alpha value is -0.0400. The van der Waals surface area contributed by atoms with E-state index in [4.69, 9.17) is 0 Å². The molecule has 1 aliphatic rings. The van der Waals surface area contributed by atoms with Crippen LogP contribution in [0.5, 0.6) is 0 Å². The van der Waals surface area contributed by atoms with Crippen LogP contribution in [0, 0.1) is 0 Å². The second-order valence-electron chi connectivity index (χ2n) is 4.06. The average Bonchev–Trinajstić information content (AvgIpc) is 2.08. The third-order valence-electron chi connectivity index (χ3n) is 2.27. The van der Waals surface area contributed by atoms with Gasteiger partial charge in [-0.1, -0.05) is 0 Å². The highest BCUT2D eigenvalue weighted by Crippen LogP contribution is 1.98. The summed E-state index contributed by atoms with van der Waals surface area (Å²) in [5.74, 6) is 0. The molecule has 0 amide bonds. The van der Waals surface area contributed by atoms with Gasteiger partial charge in [0.05, 0.1) is 18.6 Å². The van der Waals surface area contributed by atoms with Gasteiger partial charge in [-0.15, -0.1) is 0 Å². The molecule has 1 saturated heterocycles. The standard InChI is InChI=1S/C8H17N/c1-8(2,3)9-6-4-5-7-9/h4-7H2,1-3H3/p+1. The topological polar surface area (TPSA) is 4.44 Å². The molecule has 0 aromatic rings. The van der Waals surface area contributed by atoms with Crippen molar-refractivity contribution in [3.63, 3.8) is 0 Å². The molecule has 0 atom stereocenters. The Bertz CT molecular complexity index is 85.2. The van der Waals surface area contributed by atoms with E-state index in [0.717, 1.165) is 0 Å². The van der Waals surface area contributed by atoms with Crippen molar-refractivity contribution >= 4 is 0 Å². The molecule has 9 heavy (non-hydrogen) atoms. The summed E-state index contributed by atoms with van der Waals surface area (Å²) in [6.45, 7) is 9.77. The van der Waals surface area contributed by atoms with E-state index < -0.39 is 0 Å². The maximum Gasteiger partial charge on any atom is 0.0891 e. The molecule has 1 heteroatoms. The summed E-state index contributed by atoms with van der Waals surface area (Å²) in [7, 11) is 0. The summed E-state index contributed by atoms with van der Waals surface area (Å²) in [6.07, 6.45) is 2.87. The van der Waals surface area contributed by atoms with Crippen LogP contribution in [-0.4, -0.2) is 18.6 Å². The van der Waals surface area contributed by atoms with Gasteiger partial charge < -0.3 is 4.90 Å². The molecule has 0 radical (unpaired) electrons. The highest BCUT2D eigenvalue weighted by Gasteiger charge is 2.27. The first-order valence-electron chi connectivity index (χ1n) is 3.96. The quantitative estimate of drug-likeness (QED) is 0.483. The predicted octanol–water partition coefficient (Wildman–Crippen LogP) is 0.464. The molecule has 1 fully saturated rings. The van der Waals surface area contributed by atoms with E-state index in [1.165, 1.54) is 25.9 Å². The highest BCUT2D eigenvalue weighted by molar-refractivity contribution is 4.59. The molecule has 1 rings (SSSR count). The van der Waals surface area contributed by atoms with Crippen LogP contribution in [0.2, 0.25) is 0 Å². The second-order valence-corrected chi connectivity index (χ2v) is 4.06. The largest absolute Gasteiger partial charge is 0.331 e. The SMILES string of the molecule is CC(C)(C)[NH+]1CCCC1. The van der Waals surface area contributed by atoms with Gasteiger partial charge in [0.15, 0.2) is 0 Å². The van der Waals surface area contributed by atoms with E-state index in [0.29, 0.717) is 5.54 Å². The number of hydrogen-bond acceptors (Lipinski definition) is 0. The van der Waals surface area contributed by atoms with Gasteiger partial charge in [-0.2, -0.15) is 0 Å². The molecule has 0 saturated carbocycles. The van der Waals surface area contributed by atoms with Gasteiger partial charge in [0.1, 0.15) is 0 Å². The van der Waals surface area contributed by atoms with Gasteiger partial charge in [0.25, 0.3) is 0 Å². The number of rotatable bonds is 0. The Labute approximate surface area is 58.0 Å². The predicted molar refractivity (Wildman–Crippen MR) is 39.7 cm³/mol. The van der Waals surface area contributed by atoms with Gasteiger partial charge >= 0.3 is 0 Å². The van der Waals surface area contributed by atoms with E-state index >= 15 is 0 Å². The van der Waals surface area contributed by atoms with E-state index in [2.05, 4.69) is 20.8 Å². The Morgan fingerprint density at radius 3 is 1.67 bits per heavy atom. The van der Waals surface area contributed by atoms with Crippen molar-refractivity contribution < 1.29 is 4.90 Å². The molecule has 1 nitrogen and oxygen atoms in total. The first-order chi connectivity index (χ1) is 4.11. The molecule has 1 aliphatic heterocycles. The lowest BCUT2D eigenvalue weighted by atomic mass is 10.1. The van der Waals surface area contributed by atoms with Crippen LogP contribution < -0.4 is 4.90 Å². The fraction of sp³-hybridized carbons (Fsp3) is 1.00. The first kappa shape index (κ1) is 7.07. The van der Waals surface area contributed by atoms with Crippen LogP contribution >= 0.6 is 0 Å². The fourth-order valence-corrected chi connectivity index (χ4v) is 1.55. The van der Waals surface area contributed by atoms with Crippen molar-refractivity contribution in [1.29, 1.82) is 0 Å². The lowest BCUT2D eigenvalue weighted by Crippen LogP contribution is -3.17. The van der Waals surface area contributed by atoms with E-state index in [9.17, 15) is 0 Å². The van der Waals surface area contributed by atoms with Gasteiger partial charge in [0, 0.05) is 12.8 Å². The minimum Gasteiger partial charge on any atom is -0.331 e. The van der Waals surface area contributed by atoms with Crippen LogP contribution in [-0.2, 0) is 0 Å². The molecule has 0 bridgehead atoms. The van der Waals surface area contributed by atoms with Crippen LogP contribution in [0.3, 0.4) is 0 Å². The van der Waals surface area contributed by atoms with Crippen molar-refractivity contribution in [2.45, 2.75) is 39.2 Å². The van der Waals surface area contributed by atoms with Crippen molar-refractivity contribution in [2.75, 3.05) is 13.1 Å². The number of quaternary nitrogens is 1. The van der Waals surface area contributed by atoms with E-state index in [1.54, 1.807) is 4.90 Å². The van der Waals surface area contributed by atoms with Crippen molar-refractivity contribution in [1.82, 2.24) is 0 Å². The zero-order valence-electron chi connectivity index (χ0n) is 6.83. The van der Waals surface area contributed by atoms with Gasteiger partial charge in [-0.3, -0.25) is 0 Å². The molecule has 0 unspecified atom stereocenters. The van der Waals surface area contributed by atoms with Crippen LogP contribution in [0.25, 0.3) is 0 Å². The molecule has 1 N–H and O–H groups in total. The molecule has 0 aliphatic carbocycles. The number of likely N-dealkylation sites (tertiary alicyclic amines) is 1. The van der Waals surface area contributed by atoms with Crippen LogP contribution in [0.1, 0.15) is 33.6 Å². The van der Waals surface area contributed by atoms with Crippen molar-refractivity contribution in [3.8, 4) is 0 Å². The van der Waals surface area contributed by atoms with Gasteiger partial charge in [0.2, 0.25) is 0 Å². The molecule has 1 heterocycles. The molecular formula is C8H18N+. The zero-order valence-corrected chi connectivity index (χ0v) is 6.83. The van der Waals surface area contributed by atoms with Crippen LogP contribution in [0.4, 0.5) is 0 Å². The third kappa shape index (κ3) is 1.68. The van der Waals surface area contributed by atoms with Crippen molar-refractivity contribution in [2.24, 2.45) is 0 Å². The van der Waals surface area contributed by atoms with Crippen LogP contribution in [0.15, 0.2) is 0 Å². The molecule has 0 aromatic carbocycles. The summed E-state index contributed by atoms with van der Waals surface area (Å²) in [5.41, 5.74) is 0.497. The van der Waals surface area contributed by atoms with E-state index in [1.807, 2.05) is 0 Å². The minimum atomic E-state index is 0.497. The lowest BCUT2D eigenvalue weighted by Gasteiger charge is -2.27. The monoisotopic (exact) mass is 128 g/mol. The zero-order chi connectivity index (χ0) is 6.91. The maximum atomic E-state index is 2.33. The summed E-state index contributed by atoms with van der Waals surface area (Å²) in [6, 6.07) is 0. The van der Waals surface area contributed by atoms with Crippen molar-refractivity contribution in [3.05, 3.63) is 0 Å². The Morgan fingerprint density at radius 2 is 1.44 bits per heavy atom. The highest BCUT2D eigenvalue weighted by atomic mass is 15.2. The molecule has 0 spiro atoms. The number of hydrogen-bond donors (Lipinski definition) is 1. The normalized spacial score (nSPS) is 23.0. The average molecular weight is 128 g/mol. The van der Waals surface area contributed by atoms with E-state index in [-0.39, 0.29) is 0 Å². The van der Waals surface area contributed by atoms with Gasteiger partial charge in [-0.25, -0.2) is 0 Å². The molecule has 54 valence electrons. The summed E-state index contributed by atoms with van der Waals surface area (Å²) < 4.78 is 0. The Balaban J connectivity index is 2.42. The number of nitrogens with one attached hydrogen (secondary N) is 1. The lowest BCUT2D eigenvalue weighted by molar-refractivity contribution is -0.935. The summed E-state index contributed by atoms with van der Waals surface area (Å²) in [4.78, 5) is 1.78. The minimum absolute atomic E-state index is 0.497. The second kappa shape index (κ2) is 2.30. The maximum absolute atomic E-state index is 2.33. The molecular weight excluding hydrogens is 110 g/mol. The van der Waals surface area contributed by atoms with Gasteiger partial charge in [-0.05, 0) is 20.8 Å². The third-order valence-corrected chi connectivity index (χ3v) is 2.27.